The number of nitrogens with zero attached hydrogens (tertiary/aromatic N) is 8. The molecule has 68 heavy (non-hydrogen) atoms. The first-order valence-corrected chi connectivity index (χ1v) is 25.1. The first-order chi connectivity index (χ1) is 32.8. The number of phenols is 1. The van der Waals surface area contributed by atoms with Crippen LogP contribution in [0.15, 0.2) is 54.6 Å². The highest BCUT2D eigenvalue weighted by molar-refractivity contribution is 5.93. The van der Waals surface area contributed by atoms with Crippen molar-refractivity contribution >= 4 is 29.4 Å². The first-order valence-electron chi connectivity index (χ1n) is 25.1. The number of urea groups is 1. The van der Waals surface area contributed by atoms with Gasteiger partial charge in [-0.15, -0.1) is 16.6 Å². The maximum Gasteiger partial charge on any atom is 0.318 e. The lowest BCUT2D eigenvalue weighted by Gasteiger charge is -2.50. The number of carbonyl (C=O) groups excluding carboxylic acids is 3. The van der Waals surface area contributed by atoms with Crippen LogP contribution in [0, 0.1) is 23.7 Å². The Bertz CT molecular complexity index is 2290. The molecule has 5 fully saturated rings. The summed E-state index contributed by atoms with van der Waals surface area (Å²) in [6.07, 6.45) is 12.2. The number of anilines is 2. The van der Waals surface area contributed by atoms with Crippen molar-refractivity contribution in [2.45, 2.75) is 109 Å². The number of benzene rings is 2. The number of aromatic hydroxyl groups is 1. The molecular formula is C52H71N11O5. The van der Waals surface area contributed by atoms with Gasteiger partial charge in [0.25, 0.3) is 0 Å². The van der Waals surface area contributed by atoms with Gasteiger partial charge < -0.3 is 45.8 Å². The number of rotatable bonds is 10. The molecule has 16 nitrogen and oxygen atoms in total. The maximum absolute atomic E-state index is 14.2. The highest BCUT2D eigenvalue weighted by atomic mass is 16.3. The molecule has 1 aliphatic carbocycles. The van der Waals surface area contributed by atoms with Crippen molar-refractivity contribution in [3.63, 3.8) is 0 Å². The Kier molecular flexibility index (Phi) is 14.4. The molecule has 1 aromatic heterocycles. The maximum atomic E-state index is 14.2. The van der Waals surface area contributed by atoms with E-state index in [1.54, 1.807) is 6.07 Å². The number of phenolic OH excluding ortho intramolecular Hbond substituents is 1. The number of aromatic nitrogens is 2. The SMILES string of the molecule is C#Cc1ccc(CNC(=O)[C@@H]2C[C@@H](O)CN2C(=O)[C@@H](NC(=O)N2CCN(CC3CCC(N4CCC(N5CCN6c7cc(-c8ccccc8O)nnc7NC[C@H]6C5)CC4)CC3)CC2)C(C)(C)C)cc1. The summed E-state index contributed by atoms with van der Waals surface area (Å²) in [5.74, 6) is 3.58. The number of amides is 4. The molecule has 4 saturated heterocycles. The molecule has 6 aliphatic rings. The van der Waals surface area contributed by atoms with Crippen molar-refractivity contribution < 1.29 is 24.6 Å². The zero-order valence-corrected chi connectivity index (χ0v) is 40.2. The zero-order chi connectivity index (χ0) is 47.5. The second kappa shape index (κ2) is 20.6. The summed E-state index contributed by atoms with van der Waals surface area (Å²) in [5, 5.41) is 39.5. The highest BCUT2D eigenvalue weighted by Gasteiger charge is 2.45. The van der Waals surface area contributed by atoms with Crippen molar-refractivity contribution in [3.8, 4) is 29.4 Å². The number of piperidine rings is 1. The molecule has 4 amide bonds. The van der Waals surface area contributed by atoms with Crippen LogP contribution in [-0.2, 0) is 16.1 Å². The molecule has 9 rings (SSSR count). The molecule has 3 aromatic rings. The van der Waals surface area contributed by atoms with Gasteiger partial charge in [-0.05, 0) is 98.8 Å². The number of carbonyl (C=O) groups is 3. The molecule has 16 heteroatoms. The Morgan fingerprint density at radius 3 is 2.28 bits per heavy atom. The molecule has 5 aliphatic heterocycles. The van der Waals surface area contributed by atoms with Crippen molar-refractivity contribution in [1.82, 2.24) is 45.3 Å². The van der Waals surface area contributed by atoms with Crippen LogP contribution in [-0.4, -0.2) is 178 Å². The summed E-state index contributed by atoms with van der Waals surface area (Å²) in [6.45, 7) is 16.1. The average Bonchev–Trinajstić information content (AvgIpc) is 3.76. The standard InChI is InChI=1S/C52H71N11O5/c1-5-35-10-12-36(13-11-35)30-54-49(66)45-28-41(64)34-63(45)50(67)47(52(2,3)4)55-51(68)60-24-22-58(23-25-60)32-37-14-16-38(17-15-37)59-20-18-39(19-21-59)61-26-27-62-40(33-61)31-53-48-44(62)29-43(56-57-48)42-8-6-7-9-46(42)65/h1,6-13,29,37-41,45,47,64-65H,14-28,30-34H2,2-4H3,(H,53,57)(H,54,66)(H,55,68)/t37?,38?,40-,41+,45-,47+/m0/s1. The van der Waals surface area contributed by atoms with Crippen LogP contribution in [0.25, 0.3) is 11.3 Å². The van der Waals surface area contributed by atoms with Gasteiger partial charge in [0.15, 0.2) is 5.82 Å². The minimum absolute atomic E-state index is 0.0333. The Morgan fingerprint density at radius 1 is 0.853 bits per heavy atom. The lowest BCUT2D eigenvalue weighted by Crippen LogP contribution is -2.61. The van der Waals surface area contributed by atoms with Gasteiger partial charge in [0.1, 0.15) is 17.8 Å². The molecule has 0 radical (unpaired) electrons. The van der Waals surface area contributed by atoms with Crippen LogP contribution in [0.5, 0.6) is 5.75 Å². The predicted molar refractivity (Wildman–Crippen MR) is 263 cm³/mol. The molecule has 2 aromatic carbocycles. The smallest absolute Gasteiger partial charge is 0.318 e. The fourth-order valence-corrected chi connectivity index (χ4v) is 11.6. The zero-order valence-electron chi connectivity index (χ0n) is 40.2. The minimum atomic E-state index is -0.877. The van der Waals surface area contributed by atoms with Crippen LogP contribution in [0.3, 0.4) is 0 Å². The number of β-amino-alcohol motifs (C(OH)–C–C–N with tert-alkyl or cyclic N) is 1. The molecular weight excluding hydrogens is 859 g/mol. The highest BCUT2D eigenvalue weighted by Crippen LogP contribution is 2.37. The Balaban J connectivity index is 0.689. The summed E-state index contributed by atoms with van der Waals surface area (Å²) in [4.78, 5) is 55.1. The number of para-hydroxylation sites is 1. The van der Waals surface area contributed by atoms with E-state index < -0.39 is 23.6 Å². The molecule has 6 heterocycles. The average molecular weight is 930 g/mol. The van der Waals surface area contributed by atoms with Crippen molar-refractivity contribution in [2.24, 2.45) is 11.3 Å². The van der Waals surface area contributed by atoms with Gasteiger partial charge in [0.2, 0.25) is 11.8 Å². The molecule has 4 atom stereocenters. The third-order valence-corrected chi connectivity index (χ3v) is 15.6. The van der Waals surface area contributed by atoms with Crippen molar-refractivity contribution in [2.75, 3.05) is 88.8 Å². The topological polar surface area (TPSA) is 173 Å². The van der Waals surface area contributed by atoms with Crippen LogP contribution in [0.4, 0.5) is 16.3 Å². The fourth-order valence-electron chi connectivity index (χ4n) is 11.6. The van der Waals surface area contributed by atoms with Gasteiger partial charge in [-0.1, -0.05) is 51.0 Å². The predicted octanol–water partition coefficient (Wildman–Crippen LogP) is 3.79. The summed E-state index contributed by atoms with van der Waals surface area (Å²) < 4.78 is 0. The van der Waals surface area contributed by atoms with E-state index in [0.29, 0.717) is 48.4 Å². The van der Waals surface area contributed by atoms with Crippen LogP contribution in [0.2, 0.25) is 0 Å². The van der Waals surface area contributed by atoms with E-state index in [9.17, 15) is 24.6 Å². The van der Waals surface area contributed by atoms with Crippen molar-refractivity contribution in [1.29, 1.82) is 0 Å². The molecule has 0 unspecified atom stereocenters. The van der Waals surface area contributed by atoms with E-state index in [1.165, 1.54) is 43.4 Å². The molecule has 364 valence electrons. The molecule has 0 bridgehead atoms. The number of hydrogen-bond acceptors (Lipinski definition) is 12. The Hall–Kier alpha value is -5.47. The quantitative estimate of drug-likeness (QED) is 0.187. The van der Waals surface area contributed by atoms with E-state index in [2.05, 4.69) is 57.7 Å². The number of fused-ring (bicyclic) bond motifs is 3. The summed E-state index contributed by atoms with van der Waals surface area (Å²) in [5.41, 5.74) is 3.46. The number of likely N-dealkylation sites (tertiary alicyclic amines) is 2. The number of nitrogens with one attached hydrogen (secondary N) is 3. The fraction of sp³-hybridized carbons (Fsp3) is 0.596. The Labute approximate surface area is 401 Å². The second-order valence-corrected chi connectivity index (χ2v) is 21.1. The van der Waals surface area contributed by atoms with Gasteiger partial charge in [-0.2, -0.15) is 0 Å². The molecule has 0 spiro atoms. The third kappa shape index (κ3) is 10.7. The van der Waals surface area contributed by atoms with Gasteiger partial charge >= 0.3 is 6.03 Å². The number of aliphatic hydroxyl groups excluding tert-OH is 1. The van der Waals surface area contributed by atoms with Crippen LogP contribution < -0.4 is 20.9 Å². The lowest BCUT2D eigenvalue weighted by molar-refractivity contribution is -0.142. The molecule has 1 saturated carbocycles. The largest absolute Gasteiger partial charge is 0.507 e. The monoisotopic (exact) mass is 930 g/mol. The number of piperazine rings is 2. The number of aliphatic hydroxyl groups is 1. The second-order valence-electron chi connectivity index (χ2n) is 21.1. The molecule has 5 N–H and O–H groups in total. The van der Waals surface area contributed by atoms with Gasteiger partial charge in [0, 0.05) is 102 Å². The van der Waals surface area contributed by atoms with E-state index in [4.69, 9.17) is 6.42 Å². The van der Waals surface area contributed by atoms with Gasteiger partial charge in [-0.3, -0.25) is 19.4 Å². The van der Waals surface area contributed by atoms with E-state index >= 15 is 0 Å². The minimum Gasteiger partial charge on any atom is -0.507 e. The number of terminal acetylenes is 1. The first kappa shape index (κ1) is 47.6. The summed E-state index contributed by atoms with van der Waals surface area (Å²) >= 11 is 0. The van der Waals surface area contributed by atoms with Crippen LogP contribution in [0.1, 0.15) is 76.8 Å². The van der Waals surface area contributed by atoms with Gasteiger partial charge in [0.05, 0.1) is 23.5 Å². The summed E-state index contributed by atoms with van der Waals surface area (Å²) in [6, 6.07) is 16.4. The van der Waals surface area contributed by atoms with E-state index in [1.807, 2.05) is 68.1 Å². The van der Waals surface area contributed by atoms with Crippen molar-refractivity contribution in [3.05, 3.63) is 65.7 Å². The number of hydrogen-bond donors (Lipinski definition) is 5. The Morgan fingerprint density at radius 2 is 1.57 bits per heavy atom. The third-order valence-electron chi connectivity index (χ3n) is 15.6. The lowest BCUT2D eigenvalue weighted by atomic mass is 9.84. The van der Waals surface area contributed by atoms with Crippen LogP contribution >= 0.6 is 0 Å². The van der Waals surface area contributed by atoms with E-state index in [0.717, 1.165) is 81.5 Å². The summed E-state index contributed by atoms with van der Waals surface area (Å²) in [7, 11) is 0. The van der Waals surface area contributed by atoms with E-state index in [-0.39, 0.29) is 43.1 Å². The van der Waals surface area contributed by atoms with Gasteiger partial charge in [-0.25, -0.2) is 4.79 Å². The normalized spacial score (nSPS) is 25.7.